The third-order valence-corrected chi connectivity index (χ3v) is 6.80. The van der Waals surface area contributed by atoms with Gasteiger partial charge in [-0.2, -0.15) is 0 Å². The lowest BCUT2D eigenvalue weighted by Crippen LogP contribution is -2.29. The van der Waals surface area contributed by atoms with E-state index >= 15 is 0 Å². The summed E-state index contributed by atoms with van der Waals surface area (Å²) in [5.74, 6) is 0.163. The predicted molar refractivity (Wildman–Crippen MR) is 149 cm³/mol. The topological polar surface area (TPSA) is 42.2 Å². The number of imidazole rings is 2. The van der Waals surface area contributed by atoms with Crippen LogP contribution in [0.4, 0.5) is 5.69 Å². The van der Waals surface area contributed by atoms with Gasteiger partial charge in [0.1, 0.15) is 11.4 Å². The molecule has 6 heteroatoms. The first-order chi connectivity index (χ1) is 19.2. The Morgan fingerprint density at radius 1 is 0.615 bits per heavy atom. The summed E-state index contributed by atoms with van der Waals surface area (Å²) in [6.45, 7) is 7.84. The lowest BCUT2D eigenvalue weighted by Gasteiger charge is -2.10. The van der Waals surface area contributed by atoms with E-state index in [1.165, 1.54) is 0 Å². The fourth-order valence-corrected chi connectivity index (χ4v) is 5.01. The molecule has 0 spiro atoms. The maximum absolute atomic E-state index is 10.6. The van der Waals surface area contributed by atoms with Crippen LogP contribution in [0.3, 0.4) is 0 Å². The van der Waals surface area contributed by atoms with Crippen LogP contribution in [0.5, 0.6) is 5.75 Å². The molecule has 0 aliphatic rings. The summed E-state index contributed by atoms with van der Waals surface area (Å²) in [6.07, 6.45) is 6.91. The van der Waals surface area contributed by atoms with Crippen LogP contribution in [0.2, 0.25) is 0 Å². The van der Waals surface area contributed by atoms with E-state index in [1.807, 2.05) is 115 Å². The van der Waals surface area contributed by atoms with E-state index in [4.69, 9.17) is 6.57 Å². The molecule has 2 heterocycles. The van der Waals surface area contributed by atoms with E-state index in [9.17, 15) is 5.11 Å². The summed E-state index contributed by atoms with van der Waals surface area (Å²) < 4.78 is 7.79. The number of hydrogen-bond donors (Lipinski definition) is 1. The van der Waals surface area contributed by atoms with Gasteiger partial charge in [-0.3, -0.25) is 18.3 Å². The van der Waals surface area contributed by atoms with Crippen LogP contribution in [0.15, 0.2) is 121 Å². The quantitative estimate of drug-likeness (QED) is 0.233. The molecule has 0 saturated carbocycles. The Kier molecular flexibility index (Phi) is 5.21. The number of fused-ring (bicyclic) bond motifs is 2. The number of benzene rings is 5. The maximum atomic E-state index is 10.6. The van der Waals surface area contributed by atoms with E-state index in [2.05, 4.69) is 29.6 Å². The second-order valence-corrected chi connectivity index (χ2v) is 9.16. The summed E-state index contributed by atoms with van der Waals surface area (Å²) in [6, 6.07) is 39.1. The molecule has 5 aromatic carbocycles. The zero-order valence-corrected chi connectivity index (χ0v) is 20.7. The van der Waals surface area contributed by atoms with Crippen molar-refractivity contribution in [2.45, 2.75) is 0 Å². The van der Waals surface area contributed by atoms with Crippen LogP contribution in [0.25, 0.3) is 49.7 Å². The average molecular weight is 504 g/mol. The van der Waals surface area contributed by atoms with Crippen LogP contribution in [0, 0.1) is 19.2 Å². The molecule has 0 radical (unpaired) electrons. The maximum Gasteiger partial charge on any atom is 0.269 e. The molecule has 0 aliphatic heterocycles. The highest BCUT2D eigenvalue weighted by atomic mass is 16.3. The van der Waals surface area contributed by atoms with E-state index in [0.29, 0.717) is 11.4 Å². The van der Waals surface area contributed by atoms with Crippen molar-refractivity contribution in [3.05, 3.63) is 145 Å². The van der Waals surface area contributed by atoms with Crippen molar-refractivity contribution >= 4 is 27.8 Å². The molecule has 6 nitrogen and oxygen atoms in total. The molecule has 0 amide bonds. The highest BCUT2D eigenvalue weighted by Gasteiger charge is 2.17. The van der Waals surface area contributed by atoms with E-state index < -0.39 is 0 Å². The van der Waals surface area contributed by atoms with Crippen LogP contribution < -0.4 is 9.13 Å². The van der Waals surface area contributed by atoms with Gasteiger partial charge < -0.3 is 5.11 Å². The highest BCUT2D eigenvalue weighted by molar-refractivity contribution is 5.78. The van der Waals surface area contributed by atoms with Gasteiger partial charge in [0.25, 0.3) is 12.7 Å². The standard InChI is InChI=1S/C33H21N5O/c1-34-24-19-26(36-22-35(25-11-3-2-4-12-25)28-13-5-6-14-29(28)36)21-27(20-24)37-23-38(31-16-8-7-15-30(31)37)32-17-9-10-18-33(32)39/h2-21,39H. The van der Waals surface area contributed by atoms with Crippen molar-refractivity contribution in [3.8, 4) is 28.5 Å². The van der Waals surface area contributed by atoms with Crippen molar-refractivity contribution in [3.63, 3.8) is 0 Å². The van der Waals surface area contributed by atoms with Crippen molar-refractivity contribution < 1.29 is 14.2 Å². The summed E-state index contributed by atoms with van der Waals surface area (Å²) in [5.41, 5.74) is 7.48. The van der Waals surface area contributed by atoms with Crippen molar-refractivity contribution in [2.75, 3.05) is 0 Å². The van der Waals surface area contributed by atoms with Gasteiger partial charge in [0.2, 0.25) is 0 Å². The van der Waals surface area contributed by atoms with Gasteiger partial charge in [-0.1, -0.05) is 78.9 Å². The SMILES string of the molecule is [C-]#[N+]c1cc(-n2[c-][n+](-c3ccccc3)c3ccccc32)cc(-n2[c-][n+](-c3ccccc3O)c3ccccc32)c1. The Labute approximate surface area is 224 Å². The first-order valence-electron chi connectivity index (χ1n) is 12.5. The molecule has 0 unspecified atom stereocenters. The van der Waals surface area contributed by atoms with Crippen molar-refractivity contribution in [2.24, 2.45) is 0 Å². The van der Waals surface area contributed by atoms with Gasteiger partial charge in [-0.25, -0.2) is 4.85 Å². The molecule has 1 N–H and O–H groups in total. The lowest BCUT2D eigenvalue weighted by molar-refractivity contribution is -0.573. The van der Waals surface area contributed by atoms with Crippen LogP contribution in [0.1, 0.15) is 0 Å². The Morgan fingerprint density at radius 3 is 1.79 bits per heavy atom. The van der Waals surface area contributed by atoms with Crippen LogP contribution in [-0.2, 0) is 0 Å². The molecule has 0 aliphatic carbocycles. The molecular formula is C33H21N5O. The largest absolute Gasteiger partial charge is 0.511 e. The van der Waals surface area contributed by atoms with Gasteiger partial charge >= 0.3 is 0 Å². The molecule has 7 rings (SSSR count). The van der Waals surface area contributed by atoms with Crippen molar-refractivity contribution in [1.82, 2.24) is 9.13 Å². The summed E-state index contributed by atoms with van der Waals surface area (Å²) in [5, 5.41) is 10.6. The first-order valence-corrected chi connectivity index (χ1v) is 12.5. The summed E-state index contributed by atoms with van der Waals surface area (Å²) in [4.78, 5) is 3.79. The number of aromatic nitrogens is 4. The van der Waals surface area contributed by atoms with Crippen LogP contribution >= 0.6 is 0 Å². The minimum atomic E-state index is 0.163. The minimum Gasteiger partial charge on any atom is -0.511 e. The molecule has 0 saturated heterocycles. The van der Waals surface area contributed by atoms with Gasteiger partial charge in [-0.05, 0) is 42.5 Å². The number of aromatic hydroxyl groups is 1. The third-order valence-electron chi connectivity index (χ3n) is 6.80. The molecule has 0 atom stereocenters. The van der Waals surface area contributed by atoms with Crippen LogP contribution in [-0.4, -0.2) is 14.2 Å². The highest BCUT2D eigenvalue weighted by Crippen LogP contribution is 2.28. The van der Waals surface area contributed by atoms with E-state index in [-0.39, 0.29) is 5.75 Å². The van der Waals surface area contributed by atoms with E-state index in [1.54, 1.807) is 12.1 Å². The minimum absolute atomic E-state index is 0.163. The number of rotatable bonds is 4. The molecule has 0 fully saturated rings. The lowest BCUT2D eigenvalue weighted by atomic mass is 10.2. The number of para-hydroxylation sites is 7. The molecule has 0 bridgehead atoms. The van der Waals surface area contributed by atoms with Gasteiger partial charge in [0, 0.05) is 0 Å². The second-order valence-electron chi connectivity index (χ2n) is 9.16. The summed E-state index contributed by atoms with van der Waals surface area (Å²) in [7, 11) is 0. The Bertz CT molecular complexity index is 2050. The van der Waals surface area contributed by atoms with Gasteiger partial charge in [0.15, 0.2) is 5.69 Å². The molecular weight excluding hydrogens is 482 g/mol. The predicted octanol–water partition coefficient (Wildman–Crippen LogP) is 5.98. The fourth-order valence-electron chi connectivity index (χ4n) is 5.01. The Morgan fingerprint density at radius 2 is 1.15 bits per heavy atom. The Hall–Kier alpha value is -5.67. The smallest absolute Gasteiger partial charge is 0.269 e. The summed E-state index contributed by atoms with van der Waals surface area (Å²) >= 11 is 0. The normalized spacial score (nSPS) is 11.2. The number of phenols is 1. The monoisotopic (exact) mass is 503 g/mol. The fraction of sp³-hybridized carbons (Fsp3) is 0. The Balaban J connectivity index is 1.46. The number of nitrogens with zero attached hydrogens (tertiary/aromatic N) is 5. The van der Waals surface area contributed by atoms with E-state index in [0.717, 1.165) is 39.1 Å². The first kappa shape index (κ1) is 22.5. The zero-order valence-electron chi connectivity index (χ0n) is 20.7. The molecule has 184 valence electrons. The zero-order chi connectivity index (χ0) is 26.3. The average Bonchev–Trinajstić information content (AvgIpc) is 3.57. The molecule has 2 aromatic heterocycles. The number of hydrogen-bond acceptors (Lipinski definition) is 1. The van der Waals surface area contributed by atoms with Gasteiger partial charge in [-0.15, -0.1) is 0 Å². The third kappa shape index (κ3) is 3.73. The van der Waals surface area contributed by atoms with Gasteiger partial charge in [0.05, 0.1) is 45.7 Å². The van der Waals surface area contributed by atoms with Crippen molar-refractivity contribution in [1.29, 1.82) is 0 Å². The number of phenolic OH excluding ortho intramolecular Hbond substituents is 1. The molecule has 39 heavy (non-hydrogen) atoms. The molecule has 7 aromatic rings. The second kappa shape index (κ2) is 9.02.